The van der Waals surface area contributed by atoms with E-state index in [2.05, 4.69) is 29.4 Å². The highest BCUT2D eigenvalue weighted by molar-refractivity contribution is 5.58. The van der Waals surface area contributed by atoms with Gasteiger partial charge in [0, 0.05) is 23.8 Å². The van der Waals surface area contributed by atoms with Gasteiger partial charge < -0.3 is 5.32 Å². The maximum absolute atomic E-state index is 12.8. The van der Waals surface area contributed by atoms with Gasteiger partial charge in [0.05, 0.1) is 5.69 Å². The summed E-state index contributed by atoms with van der Waals surface area (Å²) in [7, 11) is 0. The van der Waals surface area contributed by atoms with E-state index in [1.807, 2.05) is 6.07 Å². The van der Waals surface area contributed by atoms with Crippen LogP contribution in [-0.4, -0.2) is 16.2 Å². The van der Waals surface area contributed by atoms with Gasteiger partial charge in [0.15, 0.2) is 0 Å². The molecule has 0 bridgehead atoms. The average Bonchev–Trinajstić information content (AvgIpc) is 2.76. The molecule has 0 unspecified atom stereocenters. The van der Waals surface area contributed by atoms with Gasteiger partial charge in [0.25, 0.3) is 0 Å². The minimum absolute atomic E-state index is 0.231. The maximum Gasteiger partial charge on any atom is 0.123 e. The molecule has 0 fully saturated rings. The van der Waals surface area contributed by atoms with Gasteiger partial charge in [-0.15, -0.1) is 0 Å². The number of aromatic amines is 1. The fourth-order valence-corrected chi connectivity index (χ4v) is 1.53. The molecule has 1 heterocycles. The summed E-state index contributed by atoms with van der Waals surface area (Å²) in [6.45, 7) is 4.94. The smallest absolute Gasteiger partial charge is 0.123 e. The molecule has 3 nitrogen and oxygen atoms in total. The lowest BCUT2D eigenvalue weighted by Crippen LogP contribution is -2.21. The number of aromatic nitrogens is 2. The van der Waals surface area contributed by atoms with Crippen molar-refractivity contribution in [1.82, 2.24) is 15.5 Å². The van der Waals surface area contributed by atoms with Crippen LogP contribution in [0.5, 0.6) is 0 Å². The molecule has 0 spiro atoms. The van der Waals surface area contributed by atoms with E-state index in [1.165, 1.54) is 12.1 Å². The molecule has 0 radical (unpaired) electrons. The van der Waals surface area contributed by atoms with Crippen molar-refractivity contribution >= 4 is 0 Å². The summed E-state index contributed by atoms with van der Waals surface area (Å²) in [5.74, 6) is -0.231. The Bertz CT molecular complexity index is 474. The van der Waals surface area contributed by atoms with Gasteiger partial charge in [0.2, 0.25) is 0 Å². The molecule has 2 rings (SSSR count). The average molecular weight is 233 g/mol. The van der Waals surface area contributed by atoms with Crippen molar-refractivity contribution in [3.8, 4) is 11.3 Å². The highest BCUT2D eigenvalue weighted by atomic mass is 19.1. The van der Waals surface area contributed by atoms with Crippen LogP contribution in [-0.2, 0) is 6.54 Å². The summed E-state index contributed by atoms with van der Waals surface area (Å²) in [4.78, 5) is 0. The van der Waals surface area contributed by atoms with Crippen LogP contribution in [0, 0.1) is 5.82 Å². The topological polar surface area (TPSA) is 40.7 Å². The molecule has 17 heavy (non-hydrogen) atoms. The third-order valence-electron chi connectivity index (χ3n) is 2.47. The molecule has 2 N–H and O–H groups in total. The minimum atomic E-state index is -0.231. The first-order chi connectivity index (χ1) is 8.15. The highest BCUT2D eigenvalue weighted by Gasteiger charge is 2.04. The molecule has 1 aromatic heterocycles. The molecule has 0 aliphatic carbocycles. The fourth-order valence-electron chi connectivity index (χ4n) is 1.53. The summed E-state index contributed by atoms with van der Waals surface area (Å²) in [6, 6.07) is 8.75. The third-order valence-corrected chi connectivity index (χ3v) is 2.47. The molecule has 0 amide bonds. The molecule has 0 atom stereocenters. The number of benzene rings is 1. The molecule has 4 heteroatoms. The Morgan fingerprint density at radius 3 is 2.65 bits per heavy atom. The summed E-state index contributed by atoms with van der Waals surface area (Å²) < 4.78 is 12.8. The SMILES string of the molecule is CC(C)NCc1cc(-c2ccc(F)cc2)n[nH]1. The summed E-state index contributed by atoms with van der Waals surface area (Å²) in [6.07, 6.45) is 0. The zero-order chi connectivity index (χ0) is 12.3. The number of nitrogens with zero attached hydrogens (tertiary/aromatic N) is 1. The van der Waals surface area contributed by atoms with E-state index < -0.39 is 0 Å². The van der Waals surface area contributed by atoms with Gasteiger partial charge in [-0.05, 0) is 30.3 Å². The number of nitrogens with one attached hydrogen (secondary N) is 2. The molecular weight excluding hydrogens is 217 g/mol. The van der Waals surface area contributed by atoms with Crippen molar-refractivity contribution in [3.05, 3.63) is 41.8 Å². The highest BCUT2D eigenvalue weighted by Crippen LogP contribution is 2.17. The van der Waals surface area contributed by atoms with E-state index >= 15 is 0 Å². The van der Waals surface area contributed by atoms with Crippen molar-refractivity contribution in [2.24, 2.45) is 0 Å². The molecule has 1 aromatic carbocycles. The van der Waals surface area contributed by atoms with Gasteiger partial charge in [-0.2, -0.15) is 5.10 Å². The molecule has 2 aromatic rings. The Hall–Kier alpha value is -1.68. The Morgan fingerprint density at radius 2 is 2.00 bits per heavy atom. The second-order valence-corrected chi connectivity index (χ2v) is 4.32. The number of rotatable bonds is 4. The molecule has 0 saturated carbocycles. The van der Waals surface area contributed by atoms with Crippen molar-refractivity contribution < 1.29 is 4.39 Å². The Morgan fingerprint density at radius 1 is 1.29 bits per heavy atom. The number of halogens is 1. The van der Waals surface area contributed by atoms with Crippen LogP contribution in [0.25, 0.3) is 11.3 Å². The molecule has 0 aliphatic heterocycles. The van der Waals surface area contributed by atoms with Crippen molar-refractivity contribution in [3.63, 3.8) is 0 Å². The van der Waals surface area contributed by atoms with Crippen LogP contribution in [0.1, 0.15) is 19.5 Å². The predicted octanol–water partition coefficient (Wildman–Crippen LogP) is 2.71. The zero-order valence-electron chi connectivity index (χ0n) is 10.00. The minimum Gasteiger partial charge on any atom is -0.309 e. The first-order valence-corrected chi connectivity index (χ1v) is 5.69. The quantitative estimate of drug-likeness (QED) is 0.852. The van der Waals surface area contributed by atoms with E-state index in [4.69, 9.17) is 0 Å². The maximum atomic E-state index is 12.8. The van der Waals surface area contributed by atoms with Crippen LogP contribution >= 0.6 is 0 Å². The van der Waals surface area contributed by atoms with Gasteiger partial charge in [-0.3, -0.25) is 5.10 Å². The lowest BCUT2D eigenvalue weighted by atomic mass is 10.1. The normalized spacial score (nSPS) is 11.1. The molecular formula is C13H16FN3. The molecule has 90 valence electrons. The first-order valence-electron chi connectivity index (χ1n) is 5.69. The number of hydrogen-bond acceptors (Lipinski definition) is 2. The molecule has 0 aliphatic rings. The second-order valence-electron chi connectivity index (χ2n) is 4.32. The van der Waals surface area contributed by atoms with Crippen molar-refractivity contribution in [2.45, 2.75) is 26.4 Å². The van der Waals surface area contributed by atoms with Crippen LogP contribution in [0.4, 0.5) is 4.39 Å². The van der Waals surface area contributed by atoms with Gasteiger partial charge in [-0.25, -0.2) is 4.39 Å². The van der Waals surface area contributed by atoms with E-state index in [9.17, 15) is 4.39 Å². The van der Waals surface area contributed by atoms with E-state index in [1.54, 1.807) is 12.1 Å². The van der Waals surface area contributed by atoms with Crippen LogP contribution in [0.15, 0.2) is 30.3 Å². The Kier molecular flexibility index (Phi) is 3.54. The fraction of sp³-hybridized carbons (Fsp3) is 0.308. The summed E-state index contributed by atoms with van der Waals surface area (Å²) in [5, 5.41) is 10.5. The number of H-pyrrole nitrogens is 1. The monoisotopic (exact) mass is 233 g/mol. The first kappa shape index (κ1) is 11.8. The van der Waals surface area contributed by atoms with Gasteiger partial charge in [-0.1, -0.05) is 13.8 Å². The van der Waals surface area contributed by atoms with Crippen LogP contribution in [0.3, 0.4) is 0 Å². The lowest BCUT2D eigenvalue weighted by molar-refractivity contribution is 0.580. The lowest BCUT2D eigenvalue weighted by Gasteiger charge is -2.04. The summed E-state index contributed by atoms with van der Waals surface area (Å²) >= 11 is 0. The van der Waals surface area contributed by atoms with Crippen molar-refractivity contribution in [1.29, 1.82) is 0 Å². The van der Waals surface area contributed by atoms with E-state index in [0.29, 0.717) is 6.04 Å². The van der Waals surface area contributed by atoms with Crippen LogP contribution < -0.4 is 5.32 Å². The Labute approximate surface area is 100 Å². The third kappa shape index (κ3) is 3.14. The van der Waals surface area contributed by atoms with E-state index in [-0.39, 0.29) is 5.82 Å². The van der Waals surface area contributed by atoms with Crippen molar-refractivity contribution in [2.75, 3.05) is 0 Å². The number of hydrogen-bond donors (Lipinski definition) is 2. The standard InChI is InChI=1S/C13H16FN3/c1-9(2)15-8-12-7-13(17-16-12)10-3-5-11(14)6-4-10/h3-7,9,15H,8H2,1-2H3,(H,16,17). The van der Waals surface area contributed by atoms with E-state index in [0.717, 1.165) is 23.5 Å². The zero-order valence-corrected chi connectivity index (χ0v) is 10.00. The largest absolute Gasteiger partial charge is 0.309 e. The van der Waals surface area contributed by atoms with Crippen LogP contribution in [0.2, 0.25) is 0 Å². The Balaban J connectivity index is 2.10. The van der Waals surface area contributed by atoms with Gasteiger partial charge >= 0.3 is 0 Å². The summed E-state index contributed by atoms with van der Waals surface area (Å²) in [5.41, 5.74) is 2.78. The van der Waals surface area contributed by atoms with Gasteiger partial charge in [0.1, 0.15) is 5.82 Å². The molecule has 0 saturated heterocycles. The second kappa shape index (κ2) is 5.10. The predicted molar refractivity (Wildman–Crippen MR) is 66.0 cm³/mol.